The molecule has 0 atom stereocenters. The Balaban J connectivity index is 2.70. The largest absolute Gasteiger partial charge is 0.378 e. The van der Waals surface area contributed by atoms with Crippen molar-refractivity contribution in [3.63, 3.8) is 0 Å². The number of hydrogen-bond acceptors (Lipinski definition) is 2. The van der Waals surface area contributed by atoms with Gasteiger partial charge < -0.3 is 9.14 Å². The minimum absolute atomic E-state index is 0.586. The Bertz CT molecular complexity index is 505. The first-order valence-corrected chi connectivity index (χ1v) is 5.55. The molecule has 0 saturated heterocycles. The number of imidazole rings is 1. The fourth-order valence-corrected chi connectivity index (χ4v) is 1.96. The van der Waals surface area contributed by atoms with Gasteiger partial charge in [0.1, 0.15) is 5.65 Å². The number of rotatable bonds is 2. The van der Waals surface area contributed by atoms with Crippen LogP contribution in [-0.4, -0.2) is 16.5 Å². The van der Waals surface area contributed by atoms with Gasteiger partial charge in [0.05, 0.1) is 18.0 Å². The van der Waals surface area contributed by atoms with E-state index in [0.29, 0.717) is 6.61 Å². The van der Waals surface area contributed by atoms with Crippen LogP contribution >= 0.6 is 15.9 Å². The minimum atomic E-state index is 0.586. The van der Waals surface area contributed by atoms with Crippen molar-refractivity contribution in [3.05, 3.63) is 33.7 Å². The Kier molecular flexibility index (Phi) is 2.80. The van der Waals surface area contributed by atoms with Crippen molar-refractivity contribution in [3.8, 4) is 0 Å². The number of halogens is 1. The molecule has 0 radical (unpaired) electrons. The summed E-state index contributed by atoms with van der Waals surface area (Å²) >= 11 is 3.52. The smallest absolute Gasteiger partial charge is 0.137 e. The molecule has 2 aromatic heterocycles. The average molecular weight is 269 g/mol. The number of ether oxygens (including phenoxy) is 1. The van der Waals surface area contributed by atoms with Gasteiger partial charge >= 0.3 is 0 Å². The number of aromatic nitrogens is 2. The monoisotopic (exact) mass is 268 g/mol. The zero-order valence-electron chi connectivity index (χ0n) is 9.04. The third-order valence-electron chi connectivity index (χ3n) is 2.48. The molecule has 0 fully saturated rings. The average Bonchev–Trinajstić information content (AvgIpc) is 2.46. The molecule has 0 saturated carbocycles. The lowest BCUT2D eigenvalue weighted by Crippen LogP contribution is -1.96. The van der Waals surface area contributed by atoms with Crippen LogP contribution in [0.5, 0.6) is 0 Å². The van der Waals surface area contributed by atoms with E-state index >= 15 is 0 Å². The second-order valence-electron chi connectivity index (χ2n) is 3.61. The number of methoxy groups -OCH3 is 1. The Morgan fingerprint density at radius 2 is 2.20 bits per heavy atom. The molecule has 2 heterocycles. The first-order chi connectivity index (χ1) is 7.13. The molecule has 0 aliphatic carbocycles. The maximum absolute atomic E-state index is 5.17. The number of hydrogen-bond donors (Lipinski definition) is 0. The lowest BCUT2D eigenvalue weighted by Gasteiger charge is -2.03. The van der Waals surface area contributed by atoms with Crippen molar-refractivity contribution in [2.24, 2.45) is 0 Å². The predicted molar refractivity (Wildman–Crippen MR) is 63.1 cm³/mol. The van der Waals surface area contributed by atoms with Crippen LogP contribution in [0.3, 0.4) is 0 Å². The van der Waals surface area contributed by atoms with Crippen molar-refractivity contribution in [2.75, 3.05) is 7.11 Å². The summed E-state index contributed by atoms with van der Waals surface area (Å²) in [5.74, 6) is 0. The van der Waals surface area contributed by atoms with Crippen LogP contribution in [0.15, 0.2) is 16.7 Å². The molecule has 4 heteroatoms. The summed E-state index contributed by atoms with van der Waals surface area (Å²) in [6.45, 7) is 4.65. The van der Waals surface area contributed by atoms with E-state index in [1.54, 1.807) is 7.11 Å². The fraction of sp³-hybridized carbons (Fsp3) is 0.364. The highest BCUT2D eigenvalue weighted by Gasteiger charge is 2.09. The number of nitrogens with zero attached hydrogens (tertiary/aromatic N) is 2. The van der Waals surface area contributed by atoms with E-state index < -0.39 is 0 Å². The van der Waals surface area contributed by atoms with E-state index in [0.717, 1.165) is 21.5 Å². The molecule has 80 valence electrons. The van der Waals surface area contributed by atoms with Crippen LogP contribution in [0.1, 0.15) is 17.0 Å². The van der Waals surface area contributed by atoms with Crippen molar-refractivity contribution >= 4 is 21.6 Å². The van der Waals surface area contributed by atoms with Crippen LogP contribution in [0.4, 0.5) is 0 Å². The van der Waals surface area contributed by atoms with E-state index in [2.05, 4.69) is 38.3 Å². The molecule has 0 aromatic carbocycles. The van der Waals surface area contributed by atoms with Gasteiger partial charge in [-0.2, -0.15) is 0 Å². The van der Waals surface area contributed by atoms with Gasteiger partial charge in [-0.15, -0.1) is 0 Å². The van der Waals surface area contributed by atoms with Crippen LogP contribution < -0.4 is 0 Å². The van der Waals surface area contributed by atoms with Gasteiger partial charge in [0.15, 0.2) is 0 Å². The van der Waals surface area contributed by atoms with Gasteiger partial charge in [-0.1, -0.05) is 0 Å². The molecule has 0 aliphatic heterocycles. The summed E-state index contributed by atoms with van der Waals surface area (Å²) < 4.78 is 8.32. The highest BCUT2D eigenvalue weighted by molar-refractivity contribution is 9.10. The van der Waals surface area contributed by atoms with Gasteiger partial charge in [0.25, 0.3) is 0 Å². The number of pyridine rings is 1. The van der Waals surface area contributed by atoms with E-state index in [1.165, 1.54) is 5.56 Å². The Morgan fingerprint density at radius 3 is 2.87 bits per heavy atom. The number of fused-ring (bicyclic) bond motifs is 1. The lowest BCUT2D eigenvalue weighted by atomic mass is 10.3. The van der Waals surface area contributed by atoms with Crippen molar-refractivity contribution in [2.45, 2.75) is 20.5 Å². The molecular formula is C11H13BrN2O. The van der Waals surface area contributed by atoms with E-state index in [4.69, 9.17) is 4.74 Å². The quantitative estimate of drug-likeness (QED) is 0.838. The molecule has 0 bridgehead atoms. The molecule has 2 aromatic rings. The van der Waals surface area contributed by atoms with Gasteiger partial charge in [0.2, 0.25) is 0 Å². The molecule has 0 unspecified atom stereocenters. The molecule has 0 aliphatic rings. The third-order valence-corrected chi connectivity index (χ3v) is 3.31. The standard InChI is InChI=1S/C11H13BrN2O/c1-7-4-11-13-8(2)10(6-15-3)14(11)5-9(7)12/h4-5H,6H2,1-3H3. The van der Waals surface area contributed by atoms with Gasteiger partial charge in [0, 0.05) is 17.8 Å². The second-order valence-corrected chi connectivity index (χ2v) is 4.46. The first kappa shape index (κ1) is 10.6. The van der Waals surface area contributed by atoms with Crippen LogP contribution in [0.25, 0.3) is 5.65 Å². The summed E-state index contributed by atoms with van der Waals surface area (Å²) in [7, 11) is 1.70. The van der Waals surface area contributed by atoms with E-state index in [1.807, 2.05) is 13.1 Å². The van der Waals surface area contributed by atoms with Crippen molar-refractivity contribution in [1.82, 2.24) is 9.38 Å². The van der Waals surface area contributed by atoms with Crippen molar-refractivity contribution in [1.29, 1.82) is 0 Å². The van der Waals surface area contributed by atoms with Crippen LogP contribution in [0, 0.1) is 13.8 Å². The maximum Gasteiger partial charge on any atom is 0.137 e. The normalized spacial score (nSPS) is 11.2. The molecule has 0 amide bonds. The molecule has 3 nitrogen and oxygen atoms in total. The molecular weight excluding hydrogens is 256 g/mol. The summed E-state index contributed by atoms with van der Waals surface area (Å²) in [4.78, 5) is 4.50. The lowest BCUT2D eigenvalue weighted by molar-refractivity contribution is 0.180. The molecule has 15 heavy (non-hydrogen) atoms. The zero-order chi connectivity index (χ0) is 11.0. The number of aryl methyl sites for hydroxylation is 2. The summed E-state index contributed by atoms with van der Waals surface area (Å²) in [6.07, 6.45) is 2.04. The highest BCUT2D eigenvalue weighted by Crippen LogP contribution is 2.20. The van der Waals surface area contributed by atoms with Gasteiger partial charge in [-0.25, -0.2) is 4.98 Å². The van der Waals surface area contributed by atoms with E-state index in [9.17, 15) is 0 Å². The van der Waals surface area contributed by atoms with Gasteiger partial charge in [-0.05, 0) is 41.4 Å². The Hall–Kier alpha value is -0.870. The second kappa shape index (κ2) is 3.94. The molecule has 0 N–H and O–H groups in total. The maximum atomic E-state index is 5.17. The highest BCUT2D eigenvalue weighted by atomic mass is 79.9. The third kappa shape index (κ3) is 1.79. The predicted octanol–water partition coefficient (Wildman–Crippen LogP) is 2.86. The topological polar surface area (TPSA) is 26.5 Å². The summed E-state index contributed by atoms with van der Waals surface area (Å²) in [6, 6.07) is 2.07. The Morgan fingerprint density at radius 1 is 1.47 bits per heavy atom. The summed E-state index contributed by atoms with van der Waals surface area (Å²) in [5, 5.41) is 0. The first-order valence-electron chi connectivity index (χ1n) is 4.76. The van der Waals surface area contributed by atoms with Crippen LogP contribution in [0.2, 0.25) is 0 Å². The zero-order valence-corrected chi connectivity index (χ0v) is 10.6. The van der Waals surface area contributed by atoms with Gasteiger partial charge in [-0.3, -0.25) is 0 Å². The molecule has 2 rings (SSSR count). The Labute approximate surface area is 97.2 Å². The van der Waals surface area contributed by atoms with Crippen LogP contribution in [-0.2, 0) is 11.3 Å². The summed E-state index contributed by atoms with van der Waals surface area (Å²) in [5.41, 5.74) is 4.29. The minimum Gasteiger partial charge on any atom is -0.378 e. The van der Waals surface area contributed by atoms with Crippen molar-refractivity contribution < 1.29 is 4.74 Å². The molecule has 0 spiro atoms. The fourth-order valence-electron chi connectivity index (χ4n) is 1.64. The SMILES string of the molecule is COCc1c(C)nc2cc(C)c(Br)cn12. The van der Waals surface area contributed by atoms with E-state index in [-0.39, 0.29) is 0 Å².